The molecule has 0 spiro atoms. The predicted molar refractivity (Wildman–Crippen MR) is 73.3 cm³/mol. The van der Waals surface area contributed by atoms with Gasteiger partial charge in [0.05, 0.1) is 6.10 Å². The fourth-order valence-corrected chi connectivity index (χ4v) is 2.29. The van der Waals surface area contributed by atoms with Crippen LogP contribution in [0.15, 0.2) is 0 Å². The van der Waals surface area contributed by atoms with Gasteiger partial charge in [-0.1, -0.05) is 26.7 Å². The van der Waals surface area contributed by atoms with E-state index in [2.05, 4.69) is 13.8 Å². The molecule has 4 nitrogen and oxygen atoms in total. The SMILES string of the molecule is CCCCN(CCCC)C(=O)[C@@H]1CC[C@H](CN)O1. The first-order valence-corrected chi connectivity index (χ1v) is 7.37. The zero-order valence-electron chi connectivity index (χ0n) is 11.9. The van der Waals surface area contributed by atoms with Gasteiger partial charge >= 0.3 is 0 Å². The Morgan fingerprint density at radius 1 is 1.22 bits per heavy atom. The number of ether oxygens (including phenoxy) is 1. The van der Waals surface area contributed by atoms with Crippen LogP contribution in [0.4, 0.5) is 0 Å². The van der Waals surface area contributed by atoms with Crippen molar-refractivity contribution in [2.45, 2.75) is 64.6 Å². The minimum absolute atomic E-state index is 0.0816. The summed E-state index contributed by atoms with van der Waals surface area (Å²) in [7, 11) is 0. The lowest BCUT2D eigenvalue weighted by Gasteiger charge is -2.25. The molecule has 1 aliphatic heterocycles. The maximum Gasteiger partial charge on any atom is 0.251 e. The smallest absolute Gasteiger partial charge is 0.251 e. The molecular formula is C14H28N2O2. The summed E-state index contributed by atoms with van der Waals surface area (Å²) in [4.78, 5) is 14.4. The van der Waals surface area contributed by atoms with Crippen LogP contribution in [0.25, 0.3) is 0 Å². The minimum atomic E-state index is -0.243. The van der Waals surface area contributed by atoms with Gasteiger partial charge in [0, 0.05) is 19.6 Å². The van der Waals surface area contributed by atoms with Crippen LogP contribution in [0.3, 0.4) is 0 Å². The number of amides is 1. The van der Waals surface area contributed by atoms with Crippen molar-refractivity contribution < 1.29 is 9.53 Å². The molecule has 0 aromatic carbocycles. The Hall–Kier alpha value is -0.610. The van der Waals surface area contributed by atoms with Crippen molar-refractivity contribution in [2.24, 2.45) is 5.73 Å². The third kappa shape index (κ3) is 4.58. The molecule has 0 saturated carbocycles. The summed E-state index contributed by atoms with van der Waals surface area (Å²) in [6.07, 6.45) is 5.97. The Kier molecular flexibility index (Phi) is 7.28. The van der Waals surface area contributed by atoms with Crippen LogP contribution in [-0.4, -0.2) is 42.6 Å². The number of hydrogen-bond acceptors (Lipinski definition) is 3. The monoisotopic (exact) mass is 256 g/mol. The van der Waals surface area contributed by atoms with Gasteiger partial charge in [-0.2, -0.15) is 0 Å². The van der Waals surface area contributed by atoms with Crippen LogP contribution in [0, 0.1) is 0 Å². The summed E-state index contributed by atoms with van der Waals surface area (Å²) in [6, 6.07) is 0. The zero-order valence-corrected chi connectivity index (χ0v) is 11.9. The normalized spacial score (nSPS) is 23.3. The summed E-state index contributed by atoms with van der Waals surface area (Å²) < 4.78 is 5.70. The Morgan fingerprint density at radius 2 is 1.83 bits per heavy atom. The second kappa shape index (κ2) is 8.48. The lowest BCUT2D eigenvalue weighted by Crippen LogP contribution is -2.40. The summed E-state index contributed by atoms with van der Waals surface area (Å²) in [6.45, 7) is 6.55. The third-order valence-corrected chi connectivity index (χ3v) is 3.52. The summed E-state index contributed by atoms with van der Waals surface area (Å²) in [5.74, 6) is 0.174. The zero-order chi connectivity index (χ0) is 13.4. The van der Waals surface area contributed by atoms with Gasteiger partial charge in [-0.05, 0) is 25.7 Å². The molecule has 1 aliphatic rings. The largest absolute Gasteiger partial charge is 0.364 e. The quantitative estimate of drug-likeness (QED) is 0.722. The molecule has 1 amide bonds. The molecule has 4 heteroatoms. The van der Waals surface area contributed by atoms with Crippen LogP contribution in [0.1, 0.15) is 52.4 Å². The van der Waals surface area contributed by atoms with E-state index >= 15 is 0 Å². The fraction of sp³-hybridized carbons (Fsp3) is 0.929. The maximum absolute atomic E-state index is 12.4. The van der Waals surface area contributed by atoms with Crippen LogP contribution < -0.4 is 5.73 Å². The van der Waals surface area contributed by atoms with Crippen LogP contribution >= 0.6 is 0 Å². The number of nitrogens with zero attached hydrogens (tertiary/aromatic N) is 1. The third-order valence-electron chi connectivity index (χ3n) is 3.52. The molecule has 1 fully saturated rings. The van der Waals surface area contributed by atoms with Crippen molar-refractivity contribution in [1.29, 1.82) is 0 Å². The average molecular weight is 256 g/mol. The number of nitrogens with two attached hydrogens (primary N) is 1. The maximum atomic E-state index is 12.4. The molecular weight excluding hydrogens is 228 g/mol. The summed E-state index contributed by atoms with van der Waals surface area (Å²) >= 11 is 0. The molecule has 18 heavy (non-hydrogen) atoms. The van der Waals surface area contributed by atoms with Gasteiger partial charge in [-0.25, -0.2) is 0 Å². The summed E-state index contributed by atoms with van der Waals surface area (Å²) in [5, 5.41) is 0. The second-order valence-electron chi connectivity index (χ2n) is 5.09. The predicted octanol–water partition coefficient (Wildman–Crippen LogP) is 1.92. The Morgan fingerprint density at radius 3 is 2.28 bits per heavy atom. The molecule has 1 saturated heterocycles. The molecule has 0 aliphatic carbocycles. The highest BCUT2D eigenvalue weighted by molar-refractivity contribution is 5.81. The highest BCUT2D eigenvalue weighted by Crippen LogP contribution is 2.21. The van der Waals surface area contributed by atoms with Crippen molar-refractivity contribution >= 4 is 5.91 Å². The number of hydrogen-bond donors (Lipinski definition) is 1. The second-order valence-corrected chi connectivity index (χ2v) is 5.09. The van der Waals surface area contributed by atoms with Crippen LogP contribution in [0.5, 0.6) is 0 Å². The van der Waals surface area contributed by atoms with E-state index in [1.165, 1.54) is 0 Å². The van der Waals surface area contributed by atoms with Crippen molar-refractivity contribution in [3.63, 3.8) is 0 Å². The van der Waals surface area contributed by atoms with Gasteiger partial charge in [-0.15, -0.1) is 0 Å². The van der Waals surface area contributed by atoms with Crippen molar-refractivity contribution in [2.75, 3.05) is 19.6 Å². The average Bonchev–Trinajstić information content (AvgIpc) is 2.87. The molecule has 0 bridgehead atoms. The molecule has 2 atom stereocenters. The lowest BCUT2D eigenvalue weighted by atomic mass is 10.1. The minimum Gasteiger partial charge on any atom is -0.364 e. The van der Waals surface area contributed by atoms with E-state index in [9.17, 15) is 4.79 Å². The lowest BCUT2D eigenvalue weighted by molar-refractivity contribution is -0.142. The molecule has 0 aromatic heterocycles. The fourth-order valence-electron chi connectivity index (χ4n) is 2.29. The Labute approximate surface area is 111 Å². The van der Waals surface area contributed by atoms with E-state index in [4.69, 9.17) is 10.5 Å². The number of carbonyl (C=O) groups excluding carboxylic acids is 1. The van der Waals surface area contributed by atoms with E-state index in [0.717, 1.165) is 51.6 Å². The van der Waals surface area contributed by atoms with E-state index in [1.54, 1.807) is 0 Å². The first-order valence-electron chi connectivity index (χ1n) is 7.37. The van der Waals surface area contributed by atoms with Crippen LogP contribution in [-0.2, 0) is 9.53 Å². The number of rotatable bonds is 8. The Balaban J connectivity index is 2.47. The standard InChI is InChI=1S/C14H28N2O2/c1-3-5-9-16(10-6-4-2)14(17)13-8-7-12(11-15)18-13/h12-13H,3-11,15H2,1-2H3/t12-,13+/m1/s1. The first kappa shape index (κ1) is 15.4. The first-order chi connectivity index (χ1) is 8.72. The highest BCUT2D eigenvalue weighted by Gasteiger charge is 2.32. The van der Waals surface area contributed by atoms with E-state index in [0.29, 0.717) is 6.54 Å². The van der Waals surface area contributed by atoms with Crippen molar-refractivity contribution in [3.8, 4) is 0 Å². The van der Waals surface area contributed by atoms with Gasteiger partial charge in [0.25, 0.3) is 5.91 Å². The number of unbranched alkanes of at least 4 members (excludes halogenated alkanes) is 2. The van der Waals surface area contributed by atoms with E-state index in [1.807, 2.05) is 4.90 Å². The van der Waals surface area contributed by atoms with Crippen LogP contribution in [0.2, 0.25) is 0 Å². The van der Waals surface area contributed by atoms with E-state index in [-0.39, 0.29) is 18.1 Å². The van der Waals surface area contributed by atoms with Crippen molar-refractivity contribution in [1.82, 2.24) is 4.90 Å². The van der Waals surface area contributed by atoms with Gasteiger partial charge in [0.2, 0.25) is 0 Å². The molecule has 1 heterocycles. The summed E-state index contributed by atoms with van der Waals surface area (Å²) in [5.41, 5.74) is 5.58. The van der Waals surface area contributed by atoms with E-state index < -0.39 is 0 Å². The molecule has 0 radical (unpaired) electrons. The highest BCUT2D eigenvalue weighted by atomic mass is 16.5. The van der Waals surface area contributed by atoms with Gasteiger partial charge in [0.1, 0.15) is 6.10 Å². The number of carbonyl (C=O) groups is 1. The topological polar surface area (TPSA) is 55.6 Å². The van der Waals surface area contributed by atoms with Gasteiger partial charge in [-0.3, -0.25) is 4.79 Å². The van der Waals surface area contributed by atoms with Gasteiger partial charge in [0.15, 0.2) is 0 Å². The molecule has 0 aromatic rings. The molecule has 106 valence electrons. The molecule has 1 rings (SSSR count). The Bertz CT molecular complexity index is 238. The molecule has 2 N–H and O–H groups in total. The van der Waals surface area contributed by atoms with Crippen molar-refractivity contribution in [3.05, 3.63) is 0 Å². The molecule has 0 unspecified atom stereocenters. The van der Waals surface area contributed by atoms with Gasteiger partial charge < -0.3 is 15.4 Å².